The zero-order valence-electron chi connectivity index (χ0n) is 13.7. The number of halogens is 2. The van der Waals surface area contributed by atoms with Crippen molar-refractivity contribution in [3.05, 3.63) is 68.6 Å². The standard InChI is InChI=1S/C18H16Br2N4O2/c19-15-5-1-13(2-6-15)11-21-23-17(25)9-10-18(26)24-22-12-14-3-7-16(20)8-4-14/h1-8,11-12H,9-10H2,(H,23,25)(H,24,26)/b21-11+,22-12+. The maximum Gasteiger partial charge on any atom is 0.240 e. The molecule has 0 unspecified atom stereocenters. The zero-order chi connectivity index (χ0) is 18.8. The van der Waals surface area contributed by atoms with Crippen molar-refractivity contribution in [3.63, 3.8) is 0 Å². The Morgan fingerprint density at radius 3 is 1.42 bits per heavy atom. The molecule has 0 atom stereocenters. The van der Waals surface area contributed by atoms with E-state index in [2.05, 4.69) is 52.9 Å². The molecule has 0 bridgehead atoms. The number of benzene rings is 2. The molecule has 134 valence electrons. The Morgan fingerprint density at radius 1 is 0.731 bits per heavy atom. The Bertz CT molecular complexity index is 733. The smallest absolute Gasteiger partial charge is 0.240 e. The highest BCUT2D eigenvalue weighted by Gasteiger charge is 2.05. The highest BCUT2D eigenvalue weighted by Crippen LogP contribution is 2.09. The van der Waals surface area contributed by atoms with Crippen LogP contribution in [0.15, 0.2) is 67.7 Å². The number of hydrogen-bond donors (Lipinski definition) is 2. The third-order valence-electron chi connectivity index (χ3n) is 3.12. The first-order valence-electron chi connectivity index (χ1n) is 7.68. The number of carbonyl (C=O) groups excluding carboxylic acids is 2. The second-order valence-corrected chi connectivity index (χ2v) is 7.02. The first-order valence-corrected chi connectivity index (χ1v) is 9.26. The van der Waals surface area contributed by atoms with Gasteiger partial charge in [0.25, 0.3) is 0 Å². The van der Waals surface area contributed by atoms with Gasteiger partial charge in [-0.3, -0.25) is 9.59 Å². The van der Waals surface area contributed by atoms with Gasteiger partial charge in [0.05, 0.1) is 12.4 Å². The fraction of sp³-hybridized carbons (Fsp3) is 0.111. The Kier molecular flexibility index (Phi) is 8.17. The molecule has 0 heterocycles. The van der Waals surface area contributed by atoms with Crippen LogP contribution in [-0.4, -0.2) is 24.2 Å². The number of nitrogens with zero attached hydrogens (tertiary/aromatic N) is 2. The van der Waals surface area contributed by atoms with E-state index in [1.165, 1.54) is 12.4 Å². The molecule has 0 spiro atoms. The predicted octanol–water partition coefficient (Wildman–Crippen LogP) is 3.59. The monoisotopic (exact) mass is 478 g/mol. The molecule has 0 fully saturated rings. The highest BCUT2D eigenvalue weighted by atomic mass is 79.9. The Morgan fingerprint density at radius 2 is 1.08 bits per heavy atom. The molecule has 26 heavy (non-hydrogen) atoms. The van der Waals surface area contributed by atoms with Gasteiger partial charge in [-0.15, -0.1) is 0 Å². The van der Waals surface area contributed by atoms with Crippen LogP contribution in [0, 0.1) is 0 Å². The van der Waals surface area contributed by atoms with Gasteiger partial charge in [-0.1, -0.05) is 56.1 Å². The van der Waals surface area contributed by atoms with Gasteiger partial charge in [-0.2, -0.15) is 10.2 Å². The summed E-state index contributed by atoms with van der Waals surface area (Å²) >= 11 is 6.68. The lowest BCUT2D eigenvalue weighted by molar-refractivity contribution is -0.126. The van der Waals surface area contributed by atoms with E-state index in [0.29, 0.717) is 0 Å². The second-order valence-electron chi connectivity index (χ2n) is 5.19. The zero-order valence-corrected chi connectivity index (χ0v) is 16.8. The SMILES string of the molecule is O=C(CCC(=O)N/N=C/c1ccc(Br)cc1)N/N=C/c1ccc(Br)cc1. The predicted molar refractivity (Wildman–Crippen MR) is 109 cm³/mol. The number of carbonyl (C=O) groups is 2. The Hall–Kier alpha value is -2.32. The molecule has 6 nitrogen and oxygen atoms in total. The first kappa shape index (κ1) is 20.0. The lowest BCUT2D eigenvalue weighted by Crippen LogP contribution is -2.22. The number of amides is 2. The van der Waals surface area contributed by atoms with Crippen molar-refractivity contribution in [1.82, 2.24) is 10.9 Å². The topological polar surface area (TPSA) is 82.9 Å². The molecule has 0 aromatic heterocycles. The summed E-state index contributed by atoms with van der Waals surface area (Å²) in [5.41, 5.74) is 6.48. The van der Waals surface area contributed by atoms with E-state index in [-0.39, 0.29) is 24.7 Å². The van der Waals surface area contributed by atoms with Crippen LogP contribution in [0.5, 0.6) is 0 Å². The Labute approximate surface area is 168 Å². The van der Waals surface area contributed by atoms with Crippen molar-refractivity contribution < 1.29 is 9.59 Å². The lowest BCUT2D eigenvalue weighted by atomic mass is 10.2. The van der Waals surface area contributed by atoms with Crippen molar-refractivity contribution in [3.8, 4) is 0 Å². The molecular weight excluding hydrogens is 464 g/mol. The summed E-state index contributed by atoms with van der Waals surface area (Å²) in [6, 6.07) is 14.9. The van der Waals surface area contributed by atoms with Crippen molar-refractivity contribution >= 4 is 56.1 Å². The normalized spacial score (nSPS) is 11.0. The largest absolute Gasteiger partial charge is 0.273 e. The molecule has 0 saturated heterocycles. The van der Waals surface area contributed by atoms with Gasteiger partial charge in [0.1, 0.15) is 0 Å². The van der Waals surface area contributed by atoms with Gasteiger partial charge in [0.15, 0.2) is 0 Å². The molecule has 2 rings (SSSR count). The van der Waals surface area contributed by atoms with Gasteiger partial charge in [-0.25, -0.2) is 10.9 Å². The van der Waals surface area contributed by atoms with Gasteiger partial charge in [0, 0.05) is 21.8 Å². The summed E-state index contributed by atoms with van der Waals surface area (Å²) < 4.78 is 1.93. The molecule has 2 N–H and O–H groups in total. The van der Waals surface area contributed by atoms with Crippen LogP contribution in [0.2, 0.25) is 0 Å². The average molecular weight is 480 g/mol. The van der Waals surface area contributed by atoms with E-state index in [1.807, 2.05) is 48.5 Å². The maximum atomic E-state index is 11.7. The molecule has 8 heteroatoms. The van der Waals surface area contributed by atoms with E-state index in [1.54, 1.807) is 0 Å². The molecule has 0 aliphatic carbocycles. The van der Waals surface area contributed by atoms with Crippen LogP contribution >= 0.6 is 31.9 Å². The van der Waals surface area contributed by atoms with E-state index in [9.17, 15) is 9.59 Å². The van der Waals surface area contributed by atoms with E-state index in [0.717, 1.165) is 20.1 Å². The molecule has 0 aliphatic heterocycles. The van der Waals surface area contributed by atoms with Gasteiger partial charge >= 0.3 is 0 Å². The van der Waals surface area contributed by atoms with Crippen molar-refractivity contribution in [2.24, 2.45) is 10.2 Å². The number of hydrogen-bond acceptors (Lipinski definition) is 4. The molecule has 2 aromatic carbocycles. The maximum absolute atomic E-state index is 11.7. The summed E-state index contributed by atoms with van der Waals surface area (Å²) in [4.78, 5) is 23.3. The fourth-order valence-electron chi connectivity index (χ4n) is 1.79. The van der Waals surface area contributed by atoms with Crippen LogP contribution in [0.3, 0.4) is 0 Å². The van der Waals surface area contributed by atoms with Crippen molar-refractivity contribution in [2.45, 2.75) is 12.8 Å². The van der Waals surface area contributed by atoms with E-state index < -0.39 is 0 Å². The molecule has 2 aromatic rings. The minimum atomic E-state index is -0.342. The van der Waals surface area contributed by atoms with Crippen LogP contribution in [0.4, 0.5) is 0 Å². The third kappa shape index (κ3) is 7.71. The molecule has 0 radical (unpaired) electrons. The first-order chi connectivity index (χ1) is 12.5. The summed E-state index contributed by atoms with van der Waals surface area (Å²) in [5, 5.41) is 7.71. The number of nitrogens with one attached hydrogen (secondary N) is 2. The minimum absolute atomic E-state index is 0.0251. The fourth-order valence-corrected chi connectivity index (χ4v) is 2.32. The van der Waals surface area contributed by atoms with Crippen LogP contribution < -0.4 is 10.9 Å². The second kappa shape index (κ2) is 10.6. The summed E-state index contributed by atoms with van der Waals surface area (Å²) in [6.45, 7) is 0. The molecule has 0 aliphatic rings. The number of hydrazone groups is 2. The van der Waals surface area contributed by atoms with Crippen molar-refractivity contribution in [1.29, 1.82) is 0 Å². The minimum Gasteiger partial charge on any atom is -0.273 e. The van der Waals surface area contributed by atoms with Crippen LogP contribution in [-0.2, 0) is 9.59 Å². The summed E-state index contributed by atoms with van der Waals surface area (Å²) in [6.07, 6.45) is 3.12. The third-order valence-corrected chi connectivity index (χ3v) is 4.18. The highest BCUT2D eigenvalue weighted by molar-refractivity contribution is 9.10. The van der Waals surface area contributed by atoms with Gasteiger partial charge in [-0.05, 0) is 35.4 Å². The van der Waals surface area contributed by atoms with Crippen LogP contribution in [0.1, 0.15) is 24.0 Å². The van der Waals surface area contributed by atoms with Gasteiger partial charge in [0.2, 0.25) is 11.8 Å². The van der Waals surface area contributed by atoms with E-state index in [4.69, 9.17) is 0 Å². The Balaban J connectivity index is 1.67. The molecule has 0 saturated carbocycles. The van der Waals surface area contributed by atoms with Crippen molar-refractivity contribution in [2.75, 3.05) is 0 Å². The number of rotatable bonds is 7. The summed E-state index contributed by atoms with van der Waals surface area (Å²) in [7, 11) is 0. The lowest BCUT2D eigenvalue weighted by Gasteiger charge is -2.00. The average Bonchev–Trinajstić information content (AvgIpc) is 2.63. The quantitative estimate of drug-likeness (QED) is 0.469. The molecule has 2 amide bonds. The van der Waals surface area contributed by atoms with Crippen LogP contribution in [0.25, 0.3) is 0 Å². The molecular formula is C18H16Br2N4O2. The van der Waals surface area contributed by atoms with E-state index >= 15 is 0 Å². The summed E-state index contributed by atoms with van der Waals surface area (Å²) in [5.74, 6) is -0.684. The van der Waals surface area contributed by atoms with Gasteiger partial charge < -0.3 is 0 Å².